The van der Waals surface area contributed by atoms with Gasteiger partial charge in [0.15, 0.2) is 11.5 Å². The maximum absolute atomic E-state index is 13.0. The highest BCUT2D eigenvalue weighted by molar-refractivity contribution is 6.31. The predicted octanol–water partition coefficient (Wildman–Crippen LogP) is 4.42. The van der Waals surface area contributed by atoms with Gasteiger partial charge in [0.1, 0.15) is 13.2 Å². The molecule has 0 saturated carbocycles. The standard InChI is InChI=1S/C24H26ClN3O3/c1-15-5-7-19(12-21(15)25)28-17(3)20(16(2)26-28)13-24(29)27(4)14-18-6-8-22-23(11-18)31-10-9-30-22/h5-8,11-12H,9-10,13-14H2,1-4H3. The fourth-order valence-corrected chi connectivity index (χ4v) is 3.90. The molecule has 0 radical (unpaired) electrons. The molecule has 2 aromatic carbocycles. The zero-order valence-electron chi connectivity index (χ0n) is 18.2. The lowest BCUT2D eigenvalue weighted by molar-refractivity contribution is -0.129. The third kappa shape index (κ3) is 4.39. The van der Waals surface area contributed by atoms with E-state index < -0.39 is 0 Å². The van der Waals surface area contributed by atoms with Gasteiger partial charge in [0, 0.05) is 29.9 Å². The van der Waals surface area contributed by atoms with E-state index in [4.69, 9.17) is 21.1 Å². The first-order valence-electron chi connectivity index (χ1n) is 10.3. The summed E-state index contributed by atoms with van der Waals surface area (Å²) in [6.45, 7) is 7.48. The van der Waals surface area contributed by atoms with Gasteiger partial charge in [0.05, 0.1) is 17.8 Å². The molecule has 0 atom stereocenters. The van der Waals surface area contributed by atoms with Crippen LogP contribution in [0.5, 0.6) is 11.5 Å². The normalized spacial score (nSPS) is 12.7. The molecular weight excluding hydrogens is 414 g/mol. The molecule has 3 aromatic rings. The third-order valence-corrected chi connectivity index (χ3v) is 6.03. The number of nitrogens with zero attached hydrogens (tertiary/aromatic N) is 3. The van der Waals surface area contributed by atoms with Gasteiger partial charge in [0.2, 0.25) is 5.91 Å². The molecule has 0 aliphatic carbocycles. The molecule has 2 heterocycles. The Morgan fingerprint density at radius 3 is 2.58 bits per heavy atom. The first-order chi connectivity index (χ1) is 14.8. The minimum absolute atomic E-state index is 0.0302. The SMILES string of the molecule is Cc1ccc(-n2nc(C)c(CC(=O)N(C)Cc3ccc4c(c3)OCCO4)c2C)cc1Cl. The summed E-state index contributed by atoms with van der Waals surface area (Å²) in [5.41, 5.74) is 5.63. The average molecular weight is 440 g/mol. The number of carbonyl (C=O) groups is 1. The van der Waals surface area contributed by atoms with Crippen molar-refractivity contribution in [1.29, 1.82) is 0 Å². The van der Waals surface area contributed by atoms with E-state index in [0.29, 0.717) is 24.8 Å². The number of hydrogen-bond donors (Lipinski definition) is 0. The summed E-state index contributed by atoms with van der Waals surface area (Å²) in [6.07, 6.45) is 0.290. The molecule has 1 amide bonds. The molecule has 31 heavy (non-hydrogen) atoms. The van der Waals surface area contributed by atoms with Crippen LogP contribution in [0.15, 0.2) is 36.4 Å². The molecule has 7 heteroatoms. The Labute approximate surface area is 187 Å². The number of fused-ring (bicyclic) bond motifs is 1. The van der Waals surface area contributed by atoms with Crippen molar-refractivity contribution in [2.45, 2.75) is 33.7 Å². The molecule has 0 N–H and O–H groups in total. The van der Waals surface area contributed by atoms with E-state index in [9.17, 15) is 4.79 Å². The number of halogens is 1. The highest BCUT2D eigenvalue weighted by Crippen LogP contribution is 2.31. The number of aryl methyl sites for hydroxylation is 2. The van der Waals surface area contributed by atoms with E-state index in [2.05, 4.69) is 5.10 Å². The van der Waals surface area contributed by atoms with E-state index in [1.165, 1.54) is 0 Å². The second-order valence-corrected chi connectivity index (χ2v) is 8.31. The number of rotatable bonds is 5. The van der Waals surface area contributed by atoms with Crippen LogP contribution < -0.4 is 9.47 Å². The summed E-state index contributed by atoms with van der Waals surface area (Å²) in [7, 11) is 1.81. The molecule has 1 aliphatic heterocycles. The van der Waals surface area contributed by atoms with Crippen LogP contribution in [0.4, 0.5) is 0 Å². The molecule has 0 unspecified atom stereocenters. The first kappa shape index (κ1) is 21.2. The minimum Gasteiger partial charge on any atom is -0.486 e. The van der Waals surface area contributed by atoms with Crippen LogP contribution in [0, 0.1) is 20.8 Å². The molecule has 162 valence electrons. The van der Waals surface area contributed by atoms with Crippen molar-refractivity contribution in [2.24, 2.45) is 0 Å². The quantitative estimate of drug-likeness (QED) is 0.590. The second kappa shape index (κ2) is 8.63. The molecule has 0 fully saturated rings. The Balaban J connectivity index is 1.49. The number of hydrogen-bond acceptors (Lipinski definition) is 4. The second-order valence-electron chi connectivity index (χ2n) is 7.90. The Morgan fingerprint density at radius 2 is 1.84 bits per heavy atom. The van der Waals surface area contributed by atoms with Crippen molar-refractivity contribution in [3.63, 3.8) is 0 Å². The van der Waals surface area contributed by atoms with Gasteiger partial charge in [-0.25, -0.2) is 4.68 Å². The largest absolute Gasteiger partial charge is 0.486 e. The number of aromatic nitrogens is 2. The highest BCUT2D eigenvalue weighted by Gasteiger charge is 2.19. The molecule has 1 aliphatic rings. The Morgan fingerprint density at radius 1 is 1.10 bits per heavy atom. The van der Waals surface area contributed by atoms with E-state index in [1.54, 1.807) is 4.90 Å². The fourth-order valence-electron chi connectivity index (χ4n) is 3.73. The number of benzene rings is 2. The molecule has 0 saturated heterocycles. The summed E-state index contributed by atoms with van der Waals surface area (Å²) in [5.74, 6) is 1.51. The summed E-state index contributed by atoms with van der Waals surface area (Å²) in [6, 6.07) is 11.7. The Hall–Kier alpha value is -2.99. The number of ether oxygens (including phenoxy) is 2. The van der Waals surface area contributed by atoms with Gasteiger partial charge in [-0.05, 0) is 56.2 Å². The van der Waals surface area contributed by atoms with E-state index in [1.807, 2.05) is 68.9 Å². The van der Waals surface area contributed by atoms with Gasteiger partial charge in [0.25, 0.3) is 0 Å². The van der Waals surface area contributed by atoms with Crippen molar-refractivity contribution in [3.8, 4) is 17.2 Å². The molecule has 4 rings (SSSR count). The van der Waals surface area contributed by atoms with Gasteiger partial charge in [-0.15, -0.1) is 0 Å². The Kier molecular flexibility index (Phi) is 5.92. The fraction of sp³-hybridized carbons (Fsp3) is 0.333. The van der Waals surface area contributed by atoms with Crippen molar-refractivity contribution in [2.75, 3.05) is 20.3 Å². The average Bonchev–Trinajstić information content (AvgIpc) is 3.03. The highest BCUT2D eigenvalue weighted by atomic mass is 35.5. The van der Waals surface area contributed by atoms with Crippen molar-refractivity contribution < 1.29 is 14.3 Å². The number of amides is 1. The van der Waals surface area contributed by atoms with Crippen LogP contribution in [0.2, 0.25) is 5.02 Å². The number of likely N-dealkylation sites (N-methyl/N-ethyl adjacent to an activating group) is 1. The molecule has 0 spiro atoms. The molecular formula is C24H26ClN3O3. The minimum atomic E-state index is 0.0302. The van der Waals surface area contributed by atoms with Crippen LogP contribution in [-0.4, -0.2) is 40.8 Å². The maximum Gasteiger partial charge on any atom is 0.227 e. The Bertz CT molecular complexity index is 1140. The van der Waals surface area contributed by atoms with Gasteiger partial charge in [-0.1, -0.05) is 23.7 Å². The maximum atomic E-state index is 13.0. The zero-order chi connectivity index (χ0) is 22.1. The monoisotopic (exact) mass is 439 g/mol. The van der Waals surface area contributed by atoms with Crippen molar-refractivity contribution >= 4 is 17.5 Å². The van der Waals surface area contributed by atoms with Gasteiger partial charge in [-0.3, -0.25) is 4.79 Å². The van der Waals surface area contributed by atoms with Crippen molar-refractivity contribution in [3.05, 3.63) is 69.5 Å². The van der Waals surface area contributed by atoms with Crippen LogP contribution in [0.1, 0.15) is 28.1 Å². The third-order valence-electron chi connectivity index (χ3n) is 5.62. The van der Waals surface area contributed by atoms with E-state index in [0.717, 1.165) is 45.3 Å². The van der Waals surface area contributed by atoms with E-state index >= 15 is 0 Å². The van der Waals surface area contributed by atoms with Gasteiger partial charge in [-0.2, -0.15) is 5.10 Å². The molecule has 6 nitrogen and oxygen atoms in total. The van der Waals surface area contributed by atoms with Gasteiger partial charge < -0.3 is 14.4 Å². The van der Waals surface area contributed by atoms with Crippen LogP contribution in [-0.2, 0) is 17.8 Å². The van der Waals surface area contributed by atoms with Crippen LogP contribution >= 0.6 is 11.6 Å². The zero-order valence-corrected chi connectivity index (χ0v) is 19.0. The van der Waals surface area contributed by atoms with Crippen LogP contribution in [0.25, 0.3) is 5.69 Å². The topological polar surface area (TPSA) is 56.6 Å². The summed E-state index contributed by atoms with van der Waals surface area (Å²) >= 11 is 6.29. The van der Waals surface area contributed by atoms with Gasteiger partial charge >= 0.3 is 0 Å². The molecule has 1 aromatic heterocycles. The summed E-state index contributed by atoms with van der Waals surface area (Å²) < 4.78 is 13.1. The lowest BCUT2D eigenvalue weighted by atomic mass is 10.1. The summed E-state index contributed by atoms with van der Waals surface area (Å²) in [5, 5.41) is 5.35. The number of carbonyl (C=O) groups excluding carboxylic acids is 1. The molecule has 0 bridgehead atoms. The van der Waals surface area contributed by atoms with Crippen molar-refractivity contribution in [1.82, 2.24) is 14.7 Å². The first-order valence-corrected chi connectivity index (χ1v) is 10.7. The summed E-state index contributed by atoms with van der Waals surface area (Å²) in [4.78, 5) is 14.7. The predicted molar refractivity (Wildman–Crippen MR) is 120 cm³/mol. The van der Waals surface area contributed by atoms with E-state index in [-0.39, 0.29) is 12.3 Å². The lowest BCUT2D eigenvalue weighted by Crippen LogP contribution is -2.28. The van der Waals surface area contributed by atoms with Crippen LogP contribution in [0.3, 0.4) is 0 Å². The lowest BCUT2D eigenvalue weighted by Gasteiger charge is -2.21. The smallest absolute Gasteiger partial charge is 0.227 e.